The minimum absolute atomic E-state index is 0.847. The highest BCUT2D eigenvalue weighted by atomic mass is 79.9. The maximum atomic E-state index is 4.01. The number of benzene rings is 3. The van der Waals surface area contributed by atoms with Crippen LogP contribution in [-0.2, 0) is 6.54 Å². The molecular formula is C22H17Br2N. The van der Waals surface area contributed by atoms with Crippen molar-refractivity contribution in [2.24, 2.45) is 0 Å². The number of halogens is 2. The summed E-state index contributed by atoms with van der Waals surface area (Å²) in [6.07, 6.45) is 0. The fraction of sp³-hybridized carbons (Fsp3) is 0.0909. The van der Waals surface area contributed by atoms with Crippen molar-refractivity contribution in [1.82, 2.24) is 4.57 Å². The van der Waals surface area contributed by atoms with Crippen LogP contribution in [0.2, 0.25) is 0 Å². The van der Waals surface area contributed by atoms with Gasteiger partial charge in [0.2, 0.25) is 0 Å². The van der Waals surface area contributed by atoms with Crippen LogP contribution in [0.4, 0.5) is 0 Å². The van der Waals surface area contributed by atoms with E-state index in [1.54, 1.807) is 0 Å². The number of fused-ring (bicyclic) bond motifs is 3. The molecule has 0 bridgehead atoms. The molecule has 0 radical (unpaired) electrons. The van der Waals surface area contributed by atoms with Crippen molar-refractivity contribution in [1.29, 1.82) is 0 Å². The zero-order valence-corrected chi connectivity index (χ0v) is 17.1. The van der Waals surface area contributed by atoms with Crippen molar-refractivity contribution in [3.05, 3.63) is 87.3 Å². The van der Waals surface area contributed by atoms with E-state index in [4.69, 9.17) is 0 Å². The molecule has 4 aromatic rings. The van der Waals surface area contributed by atoms with E-state index >= 15 is 0 Å². The van der Waals surface area contributed by atoms with Gasteiger partial charge in [0.25, 0.3) is 0 Å². The Morgan fingerprint density at radius 3 is 1.84 bits per heavy atom. The van der Waals surface area contributed by atoms with Gasteiger partial charge in [-0.1, -0.05) is 68.3 Å². The molecule has 0 aliphatic rings. The molecule has 0 atom stereocenters. The second-order valence-electron chi connectivity index (χ2n) is 6.39. The Morgan fingerprint density at radius 1 is 0.840 bits per heavy atom. The van der Waals surface area contributed by atoms with E-state index in [0.29, 0.717) is 0 Å². The molecule has 124 valence electrons. The molecule has 4 rings (SSSR count). The van der Waals surface area contributed by atoms with Crippen molar-refractivity contribution in [3.8, 4) is 0 Å². The zero-order chi connectivity index (χ0) is 17.6. The fourth-order valence-corrected chi connectivity index (χ4v) is 4.02. The summed E-state index contributed by atoms with van der Waals surface area (Å²) in [5, 5.41) is 2.54. The van der Waals surface area contributed by atoms with Gasteiger partial charge in [0.05, 0.1) is 0 Å². The lowest BCUT2D eigenvalue weighted by Crippen LogP contribution is -1.99. The molecular weight excluding hydrogens is 438 g/mol. The molecule has 3 aromatic carbocycles. The minimum atomic E-state index is 0.847. The number of rotatable bonds is 3. The van der Waals surface area contributed by atoms with Gasteiger partial charge in [0.15, 0.2) is 0 Å². The Hall–Kier alpha value is -1.84. The first-order valence-electron chi connectivity index (χ1n) is 8.15. The number of allylic oxidation sites excluding steroid dienone is 1. The second-order valence-corrected chi connectivity index (χ2v) is 8.22. The third-order valence-corrected chi connectivity index (χ3v) is 5.56. The summed E-state index contributed by atoms with van der Waals surface area (Å²) >= 11 is 7.21. The van der Waals surface area contributed by atoms with Gasteiger partial charge in [-0.2, -0.15) is 0 Å². The maximum absolute atomic E-state index is 4.01. The molecule has 0 fully saturated rings. The van der Waals surface area contributed by atoms with Gasteiger partial charge in [-0.15, -0.1) is 0 Å². The summed E-state index contributed by atoms with van der Waals surface area (Å²) in [4.78, 5) is 0. The van der Waals surface area contributed by atoms with E-state index in [0.717, 1.165) is 21.1 Å². The first-order valence-corrected chi connectivity index (χ1v) is 9.73. The topological polar surface area (TPSA) is 4.93 Å². The maximum Gasteiger partial charge on any atom is 0.0495 e. The molecule has 0 aliphatic carbocycles. The summed E-state index contributed by atoms with van der Waals surface area (Å²) < 4.78 is 4.59. The Bertz CT molecular complexity index is 1050. The van der Waals surface area contributed by atoms with Crippen molar-refractivity contribution in [3.63, 3.8) is 0 Å². The van der Waals surface area contributed by atoms with E-state index in [-0.39, 0.29) is 0 Å². The van der Waals surface area contributed by atoms with E-state index in [1.165, 1.54) is 32.9 Å². The van der Waals surface area contributed by atoms with Crippen molar-refractivity contribution >= 4 is 59.2 Å². The lowest BCUT2D eigenvalue weighted by Gasteiger charge is -2.09. The molecule has 0 unspecified atom stereocenters. The molecule has 0 saturated heterocycles. The highest BCUT2D eigenvalue weighted by Crippen LogP contribution is 2.33. The van der Waals surface area contributed by atoms with Gasteiger partial charge in [-0.25, -0.2) is 0 Å². The van der Waals surface area contributed by atoms with Gasteiger partial charge in [0.1, 0.15) is 0 Å². The third-order valence-electron chi connectivity index (χ3n) is 4.58. The lowest BCUT2D eigenvalue weighted by molar-refractivity contribution is 0.868. The third kappa shape index (κ3) is 3.07. The molecule has 0 N–H and O–H groups in total. The smallest absolute Gasteiger partial charge is 0.0495 e. The number of hydrogen-bond acceptors (Lipinski definition) is 0. The number of aromatic nitrogens is 1. The number of hydrogen-bond donors (Lipinski definition) is 0. The van der Waals surface area contributed by atoms with E-state index < -0.39 is 0 Å². The van der Waals surface area contributed by atoms with Gasteiger partial charge >= 0.3 is 0 Å². The first kappa shape index (κ1) is 16.6. The highest BCUT2D eigenvalue weighted by molar-refractivity contribution is 9.10. The van der Waals surface area contributed by atoms with Gasteiger partial charge in [-0.3, -0.25) is 0 Å². The molecule has 0 saturated carbocycles. The van der Waals surface area contributed by atoms with E-state index in [1.807, 2.05) is 6.92 Å². The summed E-state index contributed by atoms with van der Waals surface area (Å²) in [7, 11) is 0. The van der Waals surface area contributed by atoms with Crippen LogP contribution in [0.5, 0.6) is 0 Å². The summed E-state index contributed by atoms with van der Waals surface area (Å²) in [6.45, 7) is 6.90. The molecule has 0 amide bonds. The Balaban J connectivity index is 1.89. The van der Waals surface area contributed by atoms with Crippen LogP contribution in [0.15, 0.2) is 76.2 Å². The van der Waals surface area contributed by atoms with Crippen LogP contribution in [0.3, 0.4) is 0 Å². The SMILES string of the molecule is C=C(C)c1ccc(Cn2c3ccc(Br)cc3c3cc(Br)ccc32)cc1. The van der Waals surface area contributed by atoms with E-state index in [2.05, 4.69) is 104 Å². The quantitative estimate of drug-likeness (QED) is 0.304. The van der Waals surface area contributed by atoms with E-state index in [9.17, 15) is 0 Å². The minimum Gasteiger partial charge on any atom is -0.336 e. The van der Waals surface area contributed by atoms with Crippen LogP contribution in [0.1, 0.15) is 18.1 Å². The first-order chi connectivity index (χ1) is 12.0. The van der Waals surface area contributed by atoms with Crippen molar-refractivity contribution in [2.45, 2.75) is 13.5 Å². The predicted molar refractivity (Wildman–Crippen MR) is 115 cm³/mol. The average molecular weight is 455 g/mol. The average Bonchev–Trinajstić information content (AvgIpc) is 2.88. The van der Waals surface area contributed by atoms with Crippen LogP contribution in [-0.4, -0.2) is 4.57 Å². The van der Waals surface area contributed by atoms with Crippen molar-refractivity contribution in [2.75, 3.05) is 0 Å². The Labute approximate surface area is 164 Å². The standard InChI is InChI=1S/C22H17Br2N/c1-14(2)16-5-3-15(4-6-16)13-25-21-9-7-17(23)11-19(21)20-12-18(24)8-10-22(20)25/h3-12H,1,13H2,2H3. The molecule has 1 nitrogen and oxygen atoms in total. The Morgan fingerprint density at radius 2 is 1.36 bits per heavy atom. The van der Waals surface area contributed by atoms with Crippen LogP contribution < -0.4 is 0 Å². The number of nitrogens with zero attached hydrogens (tertiary/aromatic N) is 1. The predicted octanol–water partition coefficient (Wildman–Crippen LogP) is 7.40. The van der Waals surface area contributed by atoms with Gasteiger partial charge < -0.3 is 4.57 Å². The molecule has 1 heterocycles. The lowest BCUT2D eigenvalue weighted by atomic mass is 10.1. The van der Waals surface area contributed by atoms with Crippen molar-refractivity contribution < 1.29 is 0 Å². The molecule has 1 aromatic heterocycles. The molecule has 3 heteroatoms. The highest BCUT2D eigenvalue weighted by Gasteiger charge is 2.12. The van der Waals surface area contributed by atoms with Crippen LogP contribution >= 0.6 is 31.9 Å². The largest absolute Gasteiger partial charge is 0.336 e. The molecule has 25 heavy (non-hydrogen) atoms. The Kier molecular flexibility index (Phi) is 4.30. The summed E-state index contributed by atoms with van der Waals surface area (Å²) in [6, 6.07) is 21.7. The summed E-state index contributed by atoms with van der Waals surface area (Å²) in [5.74, 6) is 0. The monoisotopic (exact) mass is 453 g/mol. The van der Waals surface area contributed by atoms with Crippen LogP contribution in [0, 0.1) is 0 Å². The summed E-state index contributed by atoms with van der Waals surface area (Å²) in [5.41, 5.74) is 6.08. The zero-order valence-electron chi connectivity index (χ0n) is 13.9. The van der Waals surface area contributed by atoms with Gasteiger partial charge in [0, 0.05) is 37.3 Å². The van der Waals surface area contributed by atoms with Crippen LogP contribution in [0.25, 0.3) is 27.4 Å². The second kappa shape index (κ2) is 6.47. The normalized spacial score (nSPS) is 11.3. The fourth-order valence-electron chi connectivity index (χ4n) is 3.30. The van der Waals surface area contributed by atoms with Gasteiger partial charge in [-0.05, 0) is 54.4 Å². The molecule has 0 aliphatic heterocycles. The molecule has 0 spiro atoms.